The molecule has 0 heterocycles. The number of hydrogen-bond donors (Lipinski definition) is 1. The lowest BCUT2D eigenvalue weighted by atomic mass is 9.98. The first kappa shape index (κ1) is 13.7. The van der Waals surface area contributed by atoms with Crippen molar-refractivity contribution < 1.29 is 4.79 Å². The number of nitrogens with two attached hydrogens (primary N) is 1. The predicted molar refractivity (Wildman–Crippen MR) is 72.5 cm³/mol. The van der Waals surface area contributed by atoms with Crippen LogP contribution in [0.3, 0.4) is 0 Å². The second kappa shape index (κ2) is 5.32. The van der Waals surface area contributed by atoms with Gasteiger partial charge < -0.3 is 10.6 Å². The van der Waals surface area contributed by atoms with E-state index >= 15 is 0 Å². The highest BCUT2D eigenvalue weighted by Crippen LogP contribution is 2.29. The van der Waals surface area contributed by atoms with Gasteiger partial charge in [-0.2, -0.15) is 0 Å². The number of hydrogen-bond acceptors (Lipinski definition) is 2. The van der Waals surface area contributed by atoms with Crippen molar-refractivity contribution in [3.63, 3.8) is 0 Å². The molecule has 1 aromatic carbocycles. The SMILES string of the molecule is Cc1cc(C)c(C)c(N(C)C(=O)CCN)c1C. The zero-order valence-electron chi connectivity index (χ0n) is 11.4. The predicted octanol–water partition coefficient (Wildman–Crippen LogP) is 2.23. The average molecular weight is 234 g/mol. The highest BCUT2D eigenvalue weighted by molar-refractivity contribution is 5.94. The molecule has 0 unspecified atom stereocenters. The summed E-state index contributed by atoms with van der Waals surface area (Å²) < 4.78 is 0. The minimum Gasteiger partial charge on any atom is -0.330 e. The van der Waals surface area contributed by atoms with Crippen LogP contribution >= 0.6 is 0 Å². The molecule has 0 saturated heterocycles. The summed E-state index contributed by atoms with van der Waals surface area (Å²) >= 11 is 0. The molecule has 0 bridgehead atoms. The summed E-state index contributed by atoms with van der Waals surface area (Å²) in [6.07, 6.45) is 0.391. The molecule has 0 aromatic heterocycles. The summed E-state index contributed by atoms with van der Waals surface area (Å²) in [7, 11) is 1.83. The minimum atomic E-state index is 0.0729. The maximum Gasteiger partial charge on any atom is 0.228 e. The van der Waals surface area contributed by atoms with Crippen LogP contribution in [0.25, 0.3) is 0 Å². The van der Waals surface area contributed by atoms with Gasteiger partial charge >= 0.3 is 0 Å². The van der Waals surface area contributed by atoms with Crippen LogP contribution in [0.1, 0.15) is 28.7 Å². The van der Waals surface area contributed by atoms with Gasteiger partial charge in [0.1, 0.15) is 0 Å². The number of rotatable bonds is 3. The molecule has 0 fully saturated rings. The van der Waals surface area contributed by atoms with Crippen molar-refractivity contribution in [3.8, 4) is 0 Å². The van der Waals surface area contributed by atoms with E-state index in [9.17, 15) is 4.79 Å². The Morgan fingerprint density at radius 2 is 1.65 bits per heavy atom. The minimum absolute atomic E-state index is 0.0729. The monoisotopic (exact) mass is 234 g/mol. The van der Waals surface area contributed by atoms with Crippen molar-refractivity contribution in [1.82, 2.24) is 0 Å². The highest BCUT2D eigenvalue weighted by Gasteiger charge is 2.16. The van der Waals surface area contributed by atoms with Crippen LogP contribution < -0.4 is 10.6 Å². The van der Waals surface area contributed by atoms with E-state index in [1.165, 1.54) is 22.3 Å². The Kier molecular flexibility index (Phi) is 4.29. The van der Waals surface area contributed by atoms with E-state index < -0.39 is 0 Å². The Hall–Kier alpha value is -1.35. The van der Waals surface area contributed by atoms with Gasteiger partial charge in [0.05, 0.1) is 0 Å². The number of anilines is 1. The van der Waals surface area contributed by atoms with Crippen molar-refractivity contribution in [1.29, 1.82) is 0 Å². The maximum atomic E-state index is 11.9. The van der Waals surface area contributed by atoms with Crippen LogP contribution in [0.2, 0.25) is 0 Å². The van der Waals surface area contributed by atoms with Crippen molar-refractivity contribution in [2.45, 2.75) is 34.1 Å². The number of carbonyl (C=O) groups excluding carboxylic acids is 1. The lowest BCUT2D eigenvalue weighted by Gasteiger charge is -2.24. The fraction of sp³-hybridized carbons (Fsp3) is 0.500. The second-order valence-electron chi connectivity index (χ2n) is 4.60. The van der Waals surface area contributed by atoms with Gasteiger partial charge in [0.15, 0.2) is 0 Å². The summed E-state index contributed by atoms with van der Waals surface area (Å²) in [4.78, 5) is 13.7. The number of amides is 1. The molecule has 0 aliphatic carbocycles. The second-order valence-corrected chi connectivity index (χ2v) is 4.60. The van der Waals surface area contributed by atoms with E-state index in [1.807, 2.05) is 7.05 Å². The highest BCUT2D eigenvalue weighted by atomic mass is 16.2. The lowest BCUT2D eigenvalue weighted by molar-refractivity contribution is -0.118. The Morgan fingerprint density at radius 3 is 2.06 bits per heavy atom. The summed E-state index contributed by atoms with van der Waals surface area (Å²) in [6.45, 7) is 8.66. The normalized spacial score (nSPS) is 10.5. The first-order valence-electron chi connectivity index (χ1n) is 5.94. The van der Waals surface area contributed by atoms with Crippen LogP contribution in [-0.2, 0) is 4.79 Å². The smallest absolute Gasteiger partial charge is 0.228 e. The van der Waals surface area contributed by atoms with E-state index in [2.05, 4.69) is 33.8 Å². The molecule has 0 radical (unpaired) electrons. The molecular weight excluding hydrogens is 212 g/mol. The summed E-state index contributed by atoms with van der Waals surface area (Å²) in [5.74, 6) is 0.0729. The molecule has 94 valence electrons. The van der Waals surface area contributed by atoms with Crippen LogP contribution in [0.15, 0.2) is 6.07 Å². The first-order valence-corrected chi connectivity index (χ1v) is 5.94. The quantitative estimate of drug-likeness (QED) is 0.871. The van der Waals surface area contributed by atoms with E-state index in [1.54, 1.807) is 4.90 Å². The zero-order chi connectivity index (χ0) is 13.2. The molecule has 0 spiro atoms. The molecule has 0 atom stereocenters. The molecule has 1 aromatic rings. The van der Waals surface area contributed by atoms with Crippen LogP contribution in [0.5, 0.6) is 0 Å². The summed E-state index contributed by atoms with van der Waals surface area (Å²) in [5, 5.41) is 0. The number of aryl methyl sites for hydroxylation is 2. The number of benzene rings is 1. The van der Waals surface area contributed by atoms with E-state index in [4.69, 9.17) is 5.73 Å². The molecule has 3 heteroatoms. The summed E-state index contributed by atoms with van der Waals surface area (Å²) in [5.41, 5.74) is 11.2. The Labute approximate surface area is 104 Å². The van der Waals surface area contributed by atoms with Gasteiger partial charge in [-0.05, 0) is 49.9 Å². The summed E-state index contributed by atoms with van der Waals surface area (Å²) in [6, 6.07) is 2.16. The molecule has 0 aliphatic rings. The van der Waals surface area contributed by atoms with Gasteiger partial charge in [0, 0.05) is 25.7 Å². The van der Waals surface area contributed by atoms with E-state index in [0.29, 0.717) is 13.0 Å². The standard InChI is InChI=1S/C14H22N2O/c1-9-8-10(2)12(4)14(11(9)3)16(5)13(17)6-7-15/h8H,6-7,15H2,1-5H3. The van der Waals surface area contributed by atoms with Crippen molar-refractivity contribution in [2.75, 3.05) is 18.5 Å². The molecule has 1 rings (SSSR count). The van der Waals surface area contributed by atoms with Crippen LogP contribution in [0.4, 0.5) is 5.69 Å². The molecule has 17 heavy (non-hydrogen) atoms. The molecule has 0 saturated carbocycles. The largest absolute Gasteiger partial charge is 0.330 e. The van der Waals surface area contributed by atoms with Gasteiger partial charge in [0.2, 0.25) is 5.91 Å². The van der Waals surface area contributed by atoms with E-state index in [0.717, 1.165) is 5.69 Å². The lowest BCUT2D eigenvalue weighted by Crippen LogP contribution is -2.29. The third-order valence-corrected chi connectivity index (χ3v) is 3.39. The van der Waals surface area contributed by atoms with Gasteiger partial charge in [-0.25, -0.2) is 0 Å². The molecular formula is C14H22N2O. The van der Waals surface area contributed by atoms with Gasteiger partial charge in [-0.3, -0.25) is 4.79 Å². The Morgan fingerprint density at radius 1 is 1.18 bits per heavy atom. The average Bonchev–Trinajstić information content (AvgIpc) is 2.27. The topological polar surface area (TPSA) is 46.3 Å². The third kappa shape index (κ3) is 2.67. The molecule has 1 amide bonds. The van der Waals surface area contributed by atoms with Gasteiger partial charge in [0.25, 0.3) is 0 Å². The van der Waals surface area contributed by atoms with Gasteiger partial charge in [-0.1, -0.05) is 6.07 Å². The Bertz CT molecular complexity index is 412. The molecule has 0 aliphatic heterocycles. The Balaban J connectivity index is 3.25. The van der Waals surface area contributed by atoms with Crippen molar-refractivity contribution in [2.24, 2.45) is 5.73 Å². The fourth-order valence-electron chi connectivity index (χ4n) is 2.12. The zero-order valence-corrected chi connectivity index (χ0v) is 11.4. The number of carbonyl (C=O) groups is 1. The third-order valence-electron chi connectivity index (χ3n) is 3.39. The van der Waals surface area contributed by atoms with Crippen molar-refractivity contribution in [3.05, 3.63) is 28.3 Å². The molecule has 3 nitrogen and oxygen atoms in total. The van der Waals surface area contributed by atoms with Crippen LogP contribution in [0, 0.1) is 27.7 Å². The van der Waals surface area contributed by atoms with Crippen molar-refractivity contribution >= 4 is 11.6 Å². The fourth-order valence-corrected chi connectivity index (χ4v) is 2.12. The van der Waals surface area contributed by atoms with Crippen LogP contribution in [-0.4, -0.2) is 19.5 Å². The first-order chi connectivity index (χ1) is 7.90. The van der Waals surface area contributed by atoms with E-state index in [-0.39, 0.29) is 5.91 Å². The molecule has 2 N–H and O–H groups in total. The number of nitrogens with zero attached hydrogens (tertiary/aromatic N) is 1. The van der Waals surface area contributed by atoms with Gasteiger partial charge in [-0.15, -0.1) is 0 Å². The maximum absolute atomic E-state index is 11.9.